The largest absolute Gasteiger partial charge is 0.508 e. The summed E-state index contributed by atoms with van der Waals surface area (Å²) in [6.07, 6.45) is 5.63. The molecular formula is C12H15O3P. The maximum atomic E-state index is 10.9. The van der Waals surface area contributed by atoms with Crippen LogP contribution in [0.2, 0.25) is 0 Å². The number of hydrogen-bond acceptors (Lipinski definition) is 2. The molecule has 0 heterocycles. The van der Waals surface area contributed by atoms with E-state index >= 15 is 0 Å². The minimum atomic E-state index is -1.02. The summed E-state index contributed by atoms with van der Waals surface area (Å²) < 4.78 is 0. The lowest BCUT2D eigenvalue weighted by Crippen LogP contribution is -2.00. The van der Waals surface area contributed by atoms with Crippen molar-refractivity contribution in [3.63, 3.8) is 0 Å². The molecule has 86 valence electrons. The van der Waals surface area contributed by atoms with E-state index in [0.29, 0.717) is 11.1 Å². The first-order valence-electron chi connectivity index (χ1n) is 4.99. The maximum absolute atomic E-state index is 10.9. The van der Waals surface area contributed by atoms with Crippen LogP contribution in [0.1, 0.15) is 27.9 Å². The van der Waals surface area contributed by atoms with Gasteiger partial charge < -0.3 is 10.2 Å². The van der Waals surface area contributed by atoms with E-state index in [0.717, 1.165) is 12.6 Å². The molecule has 0 fully saturated rings. The summed E-state index contributed by atoms with van der Waals surface area (Å²) in [6, 6.07) is 3.14. The lowest BCUT2D eigenvalue weighted by atomic mass is 10.0. The number of carbonyl (C=O) groups is 1. The first-order valence-corrected chi connectivity index (χ1v) is 5.81. The summed E-state index contributed by atoms with van der Waals surface area (Å²) in [7, 11) is 2.61. The Labute approximate surface area is 97.0 Å². The van der Waals surface area contributed by atoms with Gasteiger partial charge in [0.15, 0.2) is 0 Å². The van der Waals surface area contributed by atoms with Gasteiger partial charge in [-0.1, -0.05) is 12.2 Å². The van der Waals surface area contributed by atoms with E-state index in [1.165, 1.54) is 0 Å². The summed E-state index contributed by atoms with van der Waals surface area (Å²) >= 11 is 0. The number of phenols is 1. The highest BCUT2D eigenvalue weighted by Gasteiger charge is 2.11. The van der Waals surface area contributed by atoms with Gasteiger partial charge in [0, 0.05) is 5.56 Å². The molecule has 0 spiro atoms. The standard InChI is InChI=1S/C12H15O3P/c1-8-10(12(14)15)6-9(7-11(8)13)4-2-3-5-16/h2,4,6-7,13H,3,5,16H2,1H3,(H,14,15)/b4-2-. The van der Waals surface area contributed by atoms with E-state index in [1.807, 2.05) is 12.2 Å². The average Bonchev–Trinajstić information content (AvgIpc) is 2.23. The number of hydrogen-bond donors (Lipinski definition) is 2. The molecule has 0 saturated heterocycles. The predicted molar refractivity (Wildman–Crippen MR) is 68.0 cm³/mol. The minimum absolute atomic E-state index is 0.0189. The number of rotatable bonds is 4. The van der Waals surface area contributed by atoms with Gasteiger partial charge in [-0.05, 0) is 37.2 Å². The van der Waals surface area contributed by atoms with Crippen molar-refractivity contribution in [1.29, 1.82) is 0 Å². The molecule has 4 heteroatoms. The van der Waals surface area contributed by atoms with Crippen LogP contribution in [-0.2, 0) is 0 Å². The molecule has 1 unspecified atom stereocenters. The van der Waals surface area contributed by atoms with Crippen molar-refractivity contribution in [2.45, 2.75) is 13.3 Å². The fourth-order valence-corrected chi connectivity index (χ4v) is 1.55. The van der Waals surface area contributed by atoms with Gasteiger partial charge in [0.1, 0.15) is 5.75 Å². The Kier molecular flexibility index (Phi) is 4.51. The van der Waals surface area contributed by atoms with Crippen LogP contribution in [0.5, 0.6) is 5.75 Å². The molecule has 3 nitrogen and oxygen atoms in total. The first kappa shape index (κ1) is 12.7. The van der Waals surface area contributed by atoms with Crippen molar-refractivity contribution in [3.8, 4) is 5.75 Å². The van der Waals surface area contributed by atoms with E-state index < -0.39 is 5.97 Å². The summed E-state index contributed by atoms with van der Waals surface area (Å²) in [6.45, 7) is 1.59. The number of carboxylic acid groups (broad SMARTS) is 1. The van der Waals surface area contributed by atoms with E-state index in [1.54, 1.807) is 19.1 Å². The third-order valence-electron chi connectivity index (χ3n) is 2.28. The fourth-order valence-electron chi connectivity index (χ4n) is 1.35. The van der Waals surface area contributed by atoms with Crippen LogP contribution in [0.25, 0.3) is 6.08 Å². The van der Waals surface area contributed by atoms with Gasteiger partial charge in [0.2, 0.25) is 0 Å². The molecule has 0 aliphatic heterocycles. The Hall–Kier alpha value is -1.34. The van der Waals surface area contributed by atoms with E-state index in [4.69, 9.17) is 5.11 Å². The van der Waals surface area contributed by atoms with Crippen LogP contribution < -0.4 is 0 Å². The second-order valence-electron chi connectivity index (χ2n) is 3.50. The Morgan fingerprint density at radius 1 is 1.50 bits per heavy atom. The van der Waals surface area contributed by atoms with Crippen molar-refractivity contribution in [2.75, 3.05) is 6.16 Å². The van der Waals surface area contributed by atoms with E-state index in [2.05, 4.69) is 9.24 Å². The second-order valence-corrected chi connectivity index (χ2v) is 4.07. The first-order chi connectivity index (χ1) is 7.56. The minimum Gasteiger partial charge on any atom is -0.508 e. The molecular weight excluding hydrogens is 223 g/mol. The van der Waals surface area contributed by atoms with Crippen LogP contribution in [0.15, 0.2) is 18.2 Å². The third-order valence-corrected chi connectivity index (χ3v) is 2.61. The second kappa shape index (κ2) is 5.66. The molecule has 0 aromatic heterocycles. The molecule has 1 aromatic rings. The number of phenolic OH excluding ortho intramolecular Hbond substituents is 1. The molecule has 2 N–H and O–H groups in total. The van der Waals surface area contributed by atoms with Crippen molar-refractivity contribution in [2.24, 2.45) is 0 Å². The average molecular weight is 238 g/mol. The van der Waals surface area contributed by atoms with Gasteiger partial charge in [0.05, 0.1) is 5.56 Å². The molecule has 0 bridgehead atoms. The van der Waals surface area contributed by atoms with Gasteiger partial charge in [-0.15, -0.1) is 9.24 Å². The Bertz CT molecular complexity index is 425. The Morgan fingerprint density at radius 2 is 2.19 bits per heavy atom. The SMILES string of the molecule is Cc1c(O)cc(/C=C\CCP)cc1C(=O)O. The van der Waals surface area contributed by atoms with Gasteiger partial charge in [-0.25, -0.2) is 4.79 Å². The van der Waals surface area contributed by atoms with Crippen molar-refractivity contribution < 1.29 is 15.0 Å². The van der Waals surface area contributed by atoms with Crippen molar-refractivity contribution in [3.05, 3.63) is 34.9 Å². The summed E-state index contributed by atoms with van der Waals surface area (Å²) in [5.41, 5.74) is 1.25. The molecule has 0 aliphatic carbocycles. The van der Waals surface area contributed by atoms with Gasteiger partial charge in [-0.2, -0.15) is 0 Å². The summed E-state index contributed by atoms with van der Waals surface area (Å²) in [5.74, 6) is -1.00. The molecule has 0 aliphatic rings. The zero-order valence-electron chi connectivity index (χ0n) is 9.10. The highest BCUT2D eigenvalue weighted by molar-refractivity contribution is 7.16. The summed E-state index contributed by atoms with van der Waals surface area (Å²) in [5, 5.41) is 18.5. The molecule has 16 heavy (non-hydrogen) atoms. The number of aromatic carboxylic acids is 1. The molecule has 0 saturated carbocycles. The topological polar surface area (TPSA) is 57.5 Å². The van der Waals surface area contributed by atoms with E-state index in [-0.39, 0.29) is 11.3 Å². The fraction of sp³-hybridized carbons (Fsp3) is 0.250. The van der Waals surface area contributed by atoms with Crippen molar-refractivity contribution >= 4 is 21.3 Å². The number of benzene rings is 1. The van der Waals surface area contributed by atoms with Crippen LogP contribution in [0.3, 0.4) is 0 Å². The number of carboxylic acids is 1. The third kappa shape index (κ3) is 3.07. The molecule has 1 atom stereocenters. The molecule has 0 amide bonds. The molecule has 1 rings (SSSR count). The molecule has 1 aromatic carbocycles. The Morgan fingerprint density at radius 3 is 2.75 bits per heavy atom. The van der Waals surface area contributed by atoms with E-state index in [9.17, 15) is 9.90 Å². The predicted octanol–water partition coefficient (Wildman–Crippen LogP) is 2.68. The van der Waals surface area contributed by atoms with Crippen LogP contribution in [0, 0.1) is 6.92 Å². The zero-order valence-corrected chi connectivity index (χ0v) is 10.3. The number of allylic oxidation sites excluding steroid dienone is 1. The summed E-state index contributed by atoms with van der Waals surface area (Å²) in [4.78, 5) is 10.9. The van der Waals surface area contributed by atoms with Crippen molar-refractivity contribution in [1.82, 2.24) is 0 Å². The number of aromatic hydroxyl groups is 1. The van der Waals surface area contributed by atoms with Crippen LogP contribution in [0.4, 0.5) is 0 Å². The quantitative estimate of drug-likeness (QED) is 0.793. The highest BCUT2D eigenvalue weighted by Crippen LogP contribution is 2.23. The lowest BCUT2D eigenvalue weighted by molar-refractivity contribution is 0.0695. The Balaban J connectivity index is 3.09. The van der Waals surface area contributed by atoms with Crippen LogP contribution >= 0.6 is 9.24 Å². The van der Waals surface area contributed by atoms with Gasteiger partial charge >= 0.3 is 5.97 Å². The lowest BCUT2D eigenvalue weighted by Gasteiger charge is -2.05. The normalized spacial score (nSPS) is 10.9. The molecule has 0 radical (unpaired) electrons. The van der Waals surface area contributed by atoms with Gasteiger partial charge in [-0.3, -0.25) is 0 Å². The smallest absolute Gasteiger partial charge is 0.336 e. The highest BCUT2D eigenvalue weighted by atomic mass is 31.0. The maximum Gasteiger partial charge on any atom is 0.336 e. The zero-order chi connectivity index (χ0) is 12.1. The monoisotopic (exact) mass is 238 g/mol. The van der Waals surface area contributed by atoms with Crippen LogP contribution in [-0.4, -0.2) is 22.3 Å². The van der Waals surface area contributed by atoms with Gasteiger partial charge in [0.25, 0.3) is 0 Å².